The molecule has 5 aromatic carbocycles. The van der Waals surface area contributed by atoms with Crippen molar-refractivity contribution in [2.45, 2.75) is 5.60 Å². The Balaban J connectivity index is 0.00000368. The van der Waals surface area contributed by atoms with Crippen LogP contribution < -0.4 is 37.8 Å². The van der Waals surface area contributed by atoms with Gasteiger partial charge >= 0.3 is 5.97 Å². The maximum atomic E-state index is 14.4. The lowest BCUT2D eigenvalue weighted by molar-refractivity contribution is -0.161. The van der Waals surface area contributed by atoms with Gasteiger partial charge in [0.1, 0.15) is 23.2 Å². The number of carbonyl (C=O) groups is 3. The zero-order valence-corrected chi connectivity index (χ0v) is 25.9. The lowest BCUT2D eigenvalue weighted by Crippen LogP contribution is -3.00. The Kier molecular flexibility index (Phi) is 8.72. The molecule has 0 spiro atoms. The Morgan fingerprint density at radius 3 is 1.56 bits per heavy atom. The summed E-state index contributed by atoms with van der Waals surface area (Å²) in [6.07, 6.45) is -0.0362. The van der Waals surface area contributed by atoms with Gasteiger partial charge in [0, 0.05) is 18.2 Å². The number of ether oxygens (including phenoxy) is 1. The molecule has 0 saturated carbocycles. The van der Waals surface area contributed by atoms with E-state index in [4.69, 9.17) is 4.74 Å². The number of para-hydroxylation sites is 1. The van der Waals surface area contributed by atoms with Gasteiger partial charge in [-0.25, -0.2) is 4.79 Å². The molecular formula is C36H29BrNO4P. The zero-order chi connectivity index (χ0) is 29.2. The molecule has 1 heterocycles. The zero-order valence-electron chi connectivity index (χ0n) is 23.5. The van der Waals surface area contributed by atoms with Crippen LogP contribution in [0.3, 0.4) is 0 Å². The summed E-state index contributed by atoms with van der Waals surface area (Å²) in [4.78, 5) is 44.3. The number of anilines is 1. The van der Waals surface area contributed by atoms with E-state index in [9.17, 15) is 14.4 Å². The lowest BCUT2D eigenvalue weighted by atomic mass is 9.80. The van der Waals surface area contributed by atoms with Crippen LogP contribution >= 0.6 is 7.26 Å². The van der Waals surface area contributed by atoms with E-state index in [0.29, 0.717) is 16.8 Å². The normalized spacial score (nSPS) is 16.2. The summed E-state index contributed by atoms with van der Waals surface area (Å²) in [6, 6.07) is 45.4. The summed E-state index contributed by atoms with van der Waals surface area (Å²) < 4.78 is 6.28. The molecular weight excluding hydrogens is 621 g/mol. The summed E-state index contributed by atoms with van der Waals surface area (Å²) in [5.74, 6) is -1.78. The minimum Gasteiger partial charge on any atom is -1.00 e. The molecule has 0 aromatic heterocycles. The molecule has 43 heavy (non-hydrogen) atoms. The third-order valence-corrected chi connectivity index (χ3v) is 12.1. The highest BCUT2D eigenvalue weighted by molar-refractivity contribution is 7.96. The van der Waals surface area contributed by atoms with Crippen LogP contribution in [-0.2, 0) is 19.9 Å². The van der Waals surface area contributed by atoms with Gasteiger partial charge in [0.2, 0.25) is 5.78 Å². The van der Waals surface area contributed by atoms with Crippen molar-refractivity contribution in [2.75, 3.05) is 18.1 Å². The van der Waals surface area contributed by atoms with Crippen molar-refractivity contribution < 1.29 is 36.1 Å². The standard InChI is InChI=1S/C36H29NO4P.BrH/c1-37-32-25-15-14-24-31(32)34(39)36(35(37)40,27-16-6-2-7-17-27)41-33(38)26-42(28-18-8-3-9-19-28,29-20-10-4-11-21-29)30-22-12-5-13-23-30;/h2-25H,26H2,1H3;1H/q+1;/p-1. The number of nitrogens with zero attached hydrogens (tertiary/aromatic N) is 1. The van der Waals surface area contributed by atoms with Crippen molar-refractivity contribution in [1.82, 2.24) is 0 Å². The monoisotopic (exact) mass is 649 g/mol. The summed E-state index contributed by atoms with van der Waals surface area (Å²) in [6.45, 7) is 0. The summed E-state index contributed by atoms with van der Waals surface area (Å²) in [7, 11) is -1.02. The number of hydrogen-bond acceptors (Lipinski definition) is 4. The van der Waals surface area contributed by atoms with Gasteiger partial charge in [0.25, 0.3) is 11.5 Å². The molecule has 0 radical (unpaired) electrons. The third kappa shape index (κ3) is 5.11. The predicted octanol–water partition coefficient (Wildman–Crippen LogP) is 2.28. The third-order valence-electron chi connectivity index (χ3n) is 7.84. The first-order chi connectivity index (χ1) is 20.5. The predicted molar refractivity (Wildman–Crippen MR) is 168 cm³/mol. The summed E-state index contributed by atoms with van der Waals surface area (Å²) >= 11 is 0. The molecule has 0 bridgehead atoms. The van der Waals surface area contributed by atoms with Gasteiger partial charge in [-0.2, -0.15) is 0 Å². The van der Waals surface area contributed by atoms with Crippen molar-refractivity contribution >= 4 is 46.5 Å². The van der Waals surface area contributed by atoms with E-state index in [1.807, 2.05) is 91.0 Å². The molecule has 1 atom stereocenters. The molecule has 5 aromatic rings. The molecule has 214 valence electrons. The number of likely N-dealkylation sites (N-methyl/N-ethyl adjacent to an activating group) is 1. The number of amides is 1. The van der Waals surface area contributed by atoms with Crippen LogP contribution in [-0.4, -0.2) is 30.9 Å². The minimum atomic E-state index is -2.63. The van der Waals surface area contributed by atoms with Gasteiger partial charge < -0.3 is 26.6 Å². The van der Waals surface area contributed by atoms with Crippen molar-refractivity contribution in [1.29, 1.82) is 0 Å². The number of hydrogen-bond donors (Lipinski definition) is 0. The summed E-state index contributed by atoms with van der Waals surface area (Å²) in [5.41, 5.74) is -1.03. The number of Topliss-reactive ketones (excluding diaryl/α,β-unsaturated/α-hetero) is 1. The van der Waals surface area contributed by atoms with E-state index in [1.54, 1.807) is 61.6 Å². The number of carbonyl (C=O) groups excluding carboxylic acids is 3. The highest BCUT2D eigenvalue weighted by atomic mass is 79.9. The molecule has 0 N–H and O–H groups in total. The Labute approximate surface area is 262 Å². The van der Waals surface area contributed by atoms with Crippen LogP contribution in [0.1, 0.15) is 15.9 Å². The number of halogens is 1. The average Bonchev–Trinajstić information content (AvgIpc) is 3.06. The van der Waals surface area contributed by atoms with E-state index >= 15 is 0 Å². The molecule has 7 heteroatoms. The Bertz CT molecular complexity index is 1650. The van der Waals surface area contributed by atoms with E-state index in [2.05, 4.69) is 0 Å². The molecule has 1 aliphatic heterocycles. The second-order valence-electron chi connectivity index (χ2n) is 10.2. The SMILES string of the molecule is CN1C(=O)C(OC(=O)C[P+](c2ccccc2)(c2ccccc2)c2ccccc2)(c2ccccc2)C(=O)c2ccccc21.[Br-]. The molecule has 1 amide bonds. The topological polar surface area (TPSA) is 63.7 Å². The van der Waals surface area contributed by atoms with Crippen LogP contribution in [0.4, 0.5) is 5.69 Å². The van der Waals surface area contributed by atoms with Gasteiger partial charge in [0.15, 0.2) is 6.16 Å². The molecule has 0 saturated heterocycles. The maximum absolute atomic E-state index is 14.4. The van der Waals surface area contributed by atoms with Gasteiger partial charge in [-0.15, -0.1) is 0 Å². The fourth-order valence-corrected chi connectivity index (χ4v) is 9.77. The second-order valence-corrected chi connectivity index (χ2v) is 13.7. The first kappa shape index (κ1) is 30.1. The Hall–Kier alpha value is -4.38. The lowest BCUT2D eigenvalue weighted by Gasteiger charge is -2.39. The first-order valence-corrected chi connectivity index (χ1v) is 15.7. The number of benzene rings is 5. The fraction of sp³-hybridized carbons (Fsp3) is 0.0833. The van der Waals surface area contributed by atoms with Crippen LogP contribution in [0.2, 0.25) is 0 Å². The fourth-order valence-electron chi connectivity index (χ4n) is 5.83. The molecule has 5 nitrogen and oxygen atoms in total. The summed E-state index contributed by atoms with van der Waals surface area (Å²) in [5, 5.41) is 2.99. The number of ketones is 1. The average molecular weight is 651 g/mol. The largest absolute Gasteiger partial charge is 1.00 e. The quantitative estimate of drug-likeness (QED) is 0.154. The molecule has 1 unspecified atom stereocenters. The number of esters is 1. The van der Waals surface area contributed by atoms with Gasteiger partial charge in [-0.1, -0.05) is 97.1 Å². The second kappa shape index (κ2) is 12.5. The van der Waals surface area contributed by atoms with Crippen LogP contribution in [0.25, 0.3) is 0 Å². The van der Waals surface area contributed by atoms with E-state index < -0.39 is 30.5 Å². The van der Waals surface area contributed by atoms with Gasteiger partial charge in [0.05, 0.1) is 5.69 Å². The van der Waals surface area contributed by atoms with Crippen molar-refractivity contribution in [3.63, 3.8) is 0 Å². The molecule has 0 aliphatic carbocycles. The number of rotatable bonds is 7. The van der Waals surface area contributed by atoms with Gasteiger partial charge in [-0.05, 0) is 48.5 Å². The van der Waals surface area contributed by atoms with E-state index in [-0.39, 0.29) is 23.1 Å². The van der Waals surface area contributed by atoms with Crippen LogP contribution in [0, 0.1) is 0 Å². The Morgan fingerprint density at radius 1 is 0.651 bits per heavy atom. The Morgan fingerprint density at radius 2 is 1.07 bits per heavy atom. The maximum Gasteiger partial charge on any atom is 0.346 e. The minimum absolute atomic E-state index is 0. The number of fused-ring (bicyclic) bond motifs is 1. The van der Waals surface area contributed by atoms with Crippen molar-refractivity contribution in [3.8, 4) is 0 Å². The molecule has 0 fully saturated rings. The first-order valence-electron chi connectivity index (χ1n) is 13.7. The van der Waals surface area contributed by atoms with Crippen LogP contribution in [0.5, 0.6) is 0 Å². The highest BCUT2D eigenvalue weighted by Crippen LogP contribution is 2.55. The highest BCUT2D eigenvalue weighted by Gasteiger charge is 2.58. The molecule has 1 aliphatic rings. The van der Waals surface area contributed by atoms with Crippen molar-refractivity contribution in [2.24, 2.45) is 0 Å². The van der Waals surface area contributed by atoms with E-state index in [1.165, 1.54) is 4.90 Å². The van der Waals surface area contributed by atoms with Gasteiger partial charge in [-0.3, -0.25) is 9.59 Å². The van der Waals surface area contributed by atoms with Crippen molar-refractivity contribution in [3.05, 3.63) is 157 Å². The molecule has 6 rings (SSSR count). The van der Waals surface area contributed by atoms with Crippen LogP contribution in [0.15, 0.2) is 146 Å². The smallest absolute Gasteiger partial charge is 0.346 e. The van der Waals surface area contributed by atoms with E-state index in [0.717, 1.165) is 15.9 Å².